The Kier molecular flexibility index (Phi) is 5.63. The van der Waals surface area contributed by atoms with Crippen molar-refractivity contribution in [3.63, 3.8) is 0 Å². The van der Waals surface area contributed by atoms with E-state index in [4.69, 9.17) is 0 Å². The molecule has 0 atom stereocenters. The van der Waals surface area contributed by atoms with Crippen LogP contribution in [0.5, 0.6) is 0 Å². The van der Waals surface area contributed by atoms with E-state index in [2.05, 4.69) is 27.1 Å². The van der Waals surface area contributed by atoms with Crippen molar-refractivity contribution >= 4 is 32.3 Å². The fourth-order valence-electron chi connectivity index (χ4n) is 0. The van der Waals surface area contributed by atoms with Crippen LogP contribution in [0.2, 0.25) is 5.25 Å². The van der Waals surface area contributed by atoms with Crippen molar-refractivity contribution in [1.82, 2.24) is 0 Å². The molecule has 0 nitrogen and oxygen atoms in total. The summed E-state index contributed by atoms with van der Waals surface area (Å²) in [5.41, 5.74) is 0. The minimum absolute atomic E-state index is 0.484. The molecule has 0 aromatic rings. The van der Waals surface area contributed by atoms with Gasteiger partial charge in [-0.25, -0.2) is 0 Å². The molecule has 0 N–H and O–H groups in total. The van der Waals surface area contributed by atoms with E-state index in [9.17, 15) is 0 Å². The molecule has 0 amide bonds. The summed E-state index contributed by atoms with van der Waals surface area (Å²) in [6.07, 6.45) is 0. The summed E-state index contributed by atoms with van der Waals surface area (Å²) in [7, 11) is 0. The molecular weight excluding hydrogens is 224 g/mol. The van der Waals surface area contributed by atoms with Crippen molar-refractivity contribution in [2.75, 3.05) is 0 Å². The van der Waals surface area contributed by atoms with Gasteiger partial charge in [0.2, 0.25) is 0 Å². The molecule has 2 heteroatoms. The van der Waals surface area contributed by atoms with E-state index in [0.717, 1.165) is 0 Å². The Morgan fingerprint density at radius 2 is 2.25 bits per heavy atom. The molecular formula is C2H5GeI. The predicted octanol–water partition coefficient (Wildman–Crippen LogP) is 1.48. The van der Waals surface area contributed by atoms with Gasteiger partial charge >= 0.3 is 44.5 Å². The van der Waals surface area contributed by atoms with Crippen molar-refractivity contribution < 1.29 is 0 Å². The standard InChI is InChI=1S/C2H5GeI/c1-2-3-4/h2H2,1H3. The Bertz CT molecular complexity index is 8.00. The topological polar surface area (TPSA) is 0 Å². The molecule has 0 bridgehead atoms. The van der Waals surface area contributed by atoms with E-state index in [-0.39, 0.29) is 0 Å². The maximum absolute atomic E-state index is 2.48. The van der Waals surface area contributed by atoms with Crippen LogP contribution in [0.25, 0.3) is 0 Å². The fourth-order valence-corrected chi connectivity index (χ4v) is 0. The Morgan fingerprint density at radius 3 is 2.25 bits per heavy atom. The summed E-state index contributed by atoms with van der Waals surface area (Å²) in [6.45, 7) is 2.23. The molecule has 24 valence electrons. The van der Waals surface area contributed by atoms with Crippen molar-refractivity contribution in [1.29, 1.82) is 0 Å². The van der Waals surface area contributed by atoms with Gasteiger partial charge in [0.15, 0.2) is 0 Å². The molecule has 0 spiro atoms. The summed E-state index contributed by atoms with van der Waals surface area (Å²) in [6, 6.07) is 0. The van der Waals surface area contributed by atoms with Crippen LogP contribution in [-0.4, -0.2) is 12.1 Å². The number of hydrogen-bond acceptors (Lipinski definition) is 0. The average molecular weight is 229 g/mol. The molecule has 0 saturated carbocycles. The van der Waals surface area contributed by atoms with Crippen LogP contribution in [0.4, 0.5) is 0 Å². The second-order valence-electron chi connectivity index (χ2n) is 0.487. The Labute approximate surface area is 44.4 Å². The molecule has 0 unspecified atom stereocenters. The second-order valence-corrected chi connectivity index (χ2v) is 6.50. The van der Waals surface area contributed by atoms with Crippen LogP contribution < -0.4 is 0 Å². The van der Waals surface area contributed by atoms with Gasteiger partial charge in [-0.3, -0.25) is 0 Å². The van der Waals surface area contributed by atoms with Crippen molar-refractivity contribution in [2.24, 2.45) is 0 Å². The normalized spacial score (nSPS) is 7.50. The van der Waals surface area contributed by atoms with Gasteiger partial charge < -0.3 is 0 Å². The van der Waals surface area contributed by atoms with Crippen LogP contribution in [0.15, 0.2) is 0 Å². The number of rotatable bonds is 1. The van der Waals surface area contributed by atoms with Gasteiger partial charge in [0.25, 0.3) is 0 Å². The molecule has 0 aliphatic carbocycles. The second kappa shape index (κ2) is 4.27. The molecule has 0 aromatic heterocycles. The molecule has 0 aromatic carbocycles. The molecule has 0 aliphatic rings. The van der Waals surface area contributed by atoms with Gasteiger partial charge in [0.1, 0.15) is 0 Å². The van der Waals surface area contributed by atoms with Crippen molar-refractivity contribution in [3.8, 4) is 0 Å². The third-order valence-electron chi connectivity index (χ3n) is 0.134. The minimum atomic E-state index is 0.484. The first-order chi connectivity index (χ1) is 1.91. The molecule has 0 heterocycles. The van der Waals surface area contributed by atoms with E-state index in [1.807, 2.05) is 0 Å². The van der Waals surface area contributed by atoms with Gasteiger partial charge in [-0.1, -0.05) is 0 Å². The van der Waals surface area contributed by atoms with E-state index in [1.54, 1.807) is 0 Å². The Morgan fingerprint density at radius 1 is 2.00 bits per heavy atom. The molecule has 0 rings (SSSR count). The van der Waals surface area contributed by atoms with Gasteiger partial charge in [0, 0.05) is 0 Å². The number of halogens is 1. The van der Waals surface area contributed by atoms with Crippen LogP contribution >= 0.6 is 20.2 Å². The summed E-state index contributed by atoms with van der Waals surface area (Å²) < 4.78 is 0. The Hall–Kier alpha value is 1.27. The monoisotopic (exact) mass is 230 g/mol. The average Bonchev–Trinajstić information content (AvgIpc) is 1.37. The third-order valence-corrected chi connectivity index (χ3v) is 4.66. The summed E-state index contributed by atoms with van der Waals surface area (Å²) in [5.74, 6) is 0. The molecule has 2 radical (unpaired) electrons. The molecule has 0 aliphatic heterocycles. The quantitative estimate of drug-likeness (QED) is 0.471. The fraction of sp³-hybridized carbons (Fsp3) is 1.00. The van der Waals surface area contributed by atoms with Crippen molar-refractivity contribution in [3.05, 3.63) is 0 Å². The van der Waals surface area contributed by atoms with E-state index >= 15 is 0 Å². The first-order valence-electron chi connectivity index (χ1n) is 1.25. The van der Waals surface area contributed by atoms with E-state index in [0.29, 0.717) is 12.1 Å². The molecule has 0 fully saturated rings. The van der Waals surface area contributed by atoms with Crippen LogP contribution in [0.3, 0.4) is 0 Å². The van der Waals surface area contributed by atoms with Gasteiger partial charge in [0.05, 0.1) is 0 Å². The van der Waals surface area contributed by atoms with Crippen LogP contribution in [-0.2, 0) is 0 Å². The van der Waals surface area contributed by atoms with E-state index < -0.39 is 0 Å². The zero-order chi connectivity index (χ0) is 3.41. The zero-order valence-electron chi connectivity index (χ0n) is 2.59. The third kappa shape index (κ3) is 3.27. The van der Waals surface area contributed by atoms with E-state index in [1.165, 1.54) is 5.25 Å². The van der Waals surface area contributed by atoms with Gasteiger partial charge in [-0.05, 0) is 0 Å². The first kappa shape index (κ1) is 5.27. The van der Waals surface area contributed by atoms with Gasteiger partial charge in [-0.15, -0.1) is 0 Å². The number of hydrogen-bond donors (Lipinski definition) is 0. The first-order valence-corrected chi connectivity index (χ1v) is 9.13. The summed E-state index contributed by atoms with van der Waals surface area (Å²) in [5, 5.41) is 1.43. The SMILES string of the molecule is C[CH2][Ge][I]. The maximum atomic E-state index is 2.48. The van der Waals surface area contributed by atoms with Crippen LogP contribution in [0, 0.1) is 0 Å². The predicted molar refractivity (Wildman–Crippen MR) is 30.3 cm³/mol. The molecule has 4 heavy (non-hydrogen) atoms. The van der Waals surface area contributed by atoms with Crippen molar-refractivity contribution in [2.45, 2.75) is 12.2 Å². The summed E-state index contributed by atoms with van der Waals surface area (Å²) in [4.78, 5) is 0. The Balaban J connectivity index is 1.97. The summed E-state index contributed by atoms with van der Waals surface area (Å²) >= 11 is 2.96. The van der Waals surface area contributed by atoms with Gasteiger partial charge in [-0.2, -0.15) is 0 Å². The zero-order valence-corrected chi connectivity index (χ0v) is 6.84. The van der Waals surface area contributed by atoms with Crippen LogP contribution in [0.1, 0.15) is 6.92 Å². The molecule has 0 saturated heterocycles.